The maximum atomic E-state index is 5.84. The van der Waals surface area contributed by atoms with E-state index in [-0.39, 0.29) is 13.2 Å². The van der Waals surface area contributed by atoms with Crippen molar-refractivity contribution < 1.29 is 14.0 Å². The van der Waals surface area contributed by atoms with Crippen molar-refractivity contribution >= 4 is 12.6 Å². The molecule has 1 aromatic carbocycles. The van der Waals surface area contributed by atoms with Crippen molar-refractivity contribution in [2.75, 3.05) is 13.2 Å². The van der Waals surface area contributed by atoms with Gasteiger partial charge in [-0.2, -0.15) is 0 Å². The first-order valence-electron chi connectivity index (χ1n) is 5.43. The van der Waals surface area contributed by atoms with Gasteiger partial charge in [-0.25, -0.2) is 0 Å². The topological polar surface area (TPSA) is 27.7 Å². The van der Waals surface area contributed by atoms with Gasteiger partial charge in [0, 0.05) is 5.46 Å². The lowest BCUT2D eigenvalue weighted by Crippen LogP contribution is -2.31. The van der Waals surface area contributed by atoms with E-state index in [0.29, 0.717) is 13.2 Å². The van der Waals surface area contributed by atoms with E-state index in [0.717, 1.165) is 17.6 Å². The molecule has 78 valence electrons. The monoisotopic (exact) mass is 204 g/mol. The highest BCUT2D eigenvalue weighted by Gasteiger charge is 2.40. The highest BCUT2D eigenvalue weighted by Crippen LogP contribution is 2.31. The highest BCUT2D eigenvalue weighted by atomic mass is 16.6. The van der Waals surface area contributed by atoms with Crippen molar-refractivity contribution in [1.29, 1.82) is 0 Å². The van der Waals surface area contributed by atoms with Crippen LogP contribution >= 0.6 is 0 Å². The second-order valence-electron chi connectivity index (χ2n) is 3.84. The van der Waals surface area contributed by atoms with Gasteiger partial charge < -0.3 is 14.0 Å². The molecule has 15 heavy (non-hydrogen) atoms. The van der Waals surface area contributed by atoms with Crippen molar-refractivity contribution in [3.05, 3.63) is 23.8 Å². The molecular weight excluding hydrogens is 191 g/mol. The van der Waals surface area contributed by atoms with Gasteiger partial charge in [0.15, 0.2) is 0 Å². The van der Waals surface area contributed by atoms with Gasteiger partial charge in [0.1, 0.15) is 12.4 Å². The Balaban J connectivity index is 2.12. The minimum atomic E-state index is -0.219. The van der Waals surface area contributed by atoms with Crippen LogP contribution in [0.2, 0.25) is 0 Å². The van der Waals surface area contributed by atoms with Crippen molar-refractivity contribution in [3.63, 3.8) is 0 Å². The molecule has 2 heterocycles. The minimum Gasteiger partial charge on any atom is -0.492 e. The quantitative estimate of drug-likeness (QED) is 0.644. The summed E-state index contributed by atoms with van der Waals surface area (Å²) in [6.07, 6.45) is 1.13. The number of benzene rings is 1. The molecule has 0 aliphatic carbocycles. The first-order chi connectivity index (χ1) is 7.40. The molecule has 0 saturated carbocycles. The molecule has 4 heteroatoms. The van der Waals surface area contributed by atoms with Crippen LogP contribution in [0.3, 0.4) is 0 Å². The van der Waals surface area contributed by atoms with E-state index in [1.807, 2.05) is 12.1 Å². The van der Waals surface area contributed by atoms with Gasteiger partial charge in [-0.15, -0.1) is 0 Å². The van der Waals surface area contributed by atoms with Crippen LogP contribution in [-0.2, 0) is 9.31 Å². The highest BCUT2D eigenvalue weighted by molar-refractivity contribution is 6.64. The van der Waals surface area contributed by atoms with Crippen molar-refractivity contribution in [2.45, 2.75) is 19.4 Å². The van der Waals surface area contributed by atoms with Crippen LogP contribution < -0.4 is 10.2 Å². The molecule has 0 spiro atoms. The second kappa shape index (κ2) is 3.54. The third kappa shape index (κ3) is 1.36. The van der Waals surface area contributed by atoms with E-state index in [1.165, 1.54) is 5.56 Å². The Hall–Kier alpha value is -0.995. The van der Waals surface area contributed by atoms with Gasteiger partial charge in [0.25, 0.3) is 0 Å². The molecular formula is C11H13BO3. The van der Waals surface area contributed by atoms with Crippen LogP contribution in [-0.4, -0.2) is 20.3 Å². The normalized spacial score (nSPS) is 23.3. The third-order valence-electron chi connectivity index (χ3n) is 2.95. The van der Waals surface area contributed by atoms with Gasteiger partial charge in [-0.3, -0.25) is 0 Å². The number of ether oxygens (including phenoxy) is 1. The average molecular weight is 204 g/mol. The Morgan fingerprint density at radius 3 is 3.20 bits per heavy atom. The zero-order valence-corrected chi connectivity index (χ0v) is 8.73. The minimum absolute atomic E-state index is 0.159. The largest absolute Gasteiger partial charge is 0.498 e. The molecule has 0 fully saturated rings. The molecule has 0 aromatic heterocycles. The Morgan fingerprint density at radius 2 is 2.33 bits per heavy atom. The molecule has 0 bridgehead atoms. The van der Waals surface area contributed by atoms with E-state index < -0.39 is 0 Å². The first-order valence-corrected chi connectivity index (χ1v) is 5.43. The van der Waals surface area contributed by atoms with Gasteiger partial charge in [0.2, 0.25) is 0 Å². The van der Waals surface area contributed by atoms with E-state index in [1.54, 1.807) is 0 Å². The van der Waals surface area contributed by atoms with Gasteiger partial charge in [-0.1, -0.05) is 19.1 Å². The molecule has 0 amide bonds. The Morgan fingerprint density at radius 1 is 1.40 bits per heavy atom. The molecule has 0 radical (unpaired) electrons. The summed E-state index contributed by atoms with van der Waals surface area (Å²) in [7, 11) is -0.219. The molecule has 0 unspecified atom stereocenters. The van der Waals surface area contributed by atoms with Crippen LogP contribution in [0.4, 0.5) is 0 Å². The van der Waals surface area contributed by atoms with Gasteiger partial charge in [0.05, 0.1) is 12.7 Å². The van der Waals surface area contributed by atoms with Crippen molar-refractivity contribution in [3.8, 4) is 5.75 Å². The van der Waals surface area contributed by atoms with E-state index >= 15 is 0 Å². The summed E-state index contributed by atoms with van der Waals surface area (Å²) in [6.45, 7) is 3.32. The lowest BCUT2D eigenvalue weighted by Gasteiger charge is -2.11. The Labute approximate surface area is 89.5 Å². The van der Waals surface area contributed by atoms with Gasteiger partial charge in [-0.05, 0) is 18.1 Å². The summed E-state index contributed by atoms with van der Waals surface area (Å²) in [4.78, 5) is 0. The standard InChI is InChI=1S/C11H13BO3/c1-2-9-8-4-3-5-10-11(8)12(15-9)14-7-6-13-10/h3-5,9H,2,6-7H2,1H3/t9-/m1/s1. The lowest BCUT2D eigenvalue weighted by atomic mass is 9.78. The summed E-state index contributed by atoms with van der Waals surface area (Å²) in [6, 6.07) is 6.11. The first kappa shape index (κ1) is 9.25. The number of hydrogen-bond acceptors (Lipinski definition) is 3. The summed E-state index contributed by atoms with van der Waals surface area (Å²) in [5.41, 5.74) is 2.32. The maximum absolute atomic E-state index is 5.84. The predicted octanol–water partition coefficient (Wildman–Crippen LogP) is 1.27. The molecule has 3 nitrogen and oxygen atoms in total. The SMILES string of the molecule is CC[C@H]1OB2OCCOc3cccc1c32. The Bertz CT molecular complexity index is 380. The lowest BCUT2D eigenvalue weighted by molar-refractivity contribution is 0.141. The third-order valence-corrected chi connectivity index (χ3v) is 2.95. The zero-order chi connectivity index (χ0) is 10.3. The van der Waals surface area contributed by atoms with E-state index in [2.05, 4.69) is 13.0 Å². The molecule has 2 aliphatic heterocycles. The average Bonchev–Trinajstić information content (AvgIpc) is 2.50. The summed E-state index contributed by atoms with van der Waals surface area (Å²) in [5, 5.41) is 0. The smallest absolute Gasteiger partial charge is 0.492 e. The van der Waals surface area contributed by atoms with Crippen molar-refractivity contribution in [1.82, 2.24) is 0 Å². The predicted molar refractivity (Wildman–Crippen MR) is 57.4 cm³/mol. The molecule has 1 aromatic rings. The maximum Gasteiger partial charge on any atom is 0.498 e. The molecule has 2 aliphatic rings. The molecule has 3 rings (SSSR count). The second-order valence-corrected chi connectivity index (χ2v) is 3.84. The van der Waals surface area contributed by atoms with E-state index in [9.17, 15) is 0 Å². The fourth-order valence-electron chi connectivity index (χ4n) is 2.26. The van der Waals surface area contributed by atoms with Gasteiger partial charge >= 0.3 is 7.12 Å². The fourth-order valence-corrected chi connectivity index (χ4v) is 2.26. The van der Waals surface area contributed by atoms with Crippen LogP contribution in [0, 0.1) is 0 Å². The zero-order valence-electron chi connectivity index (χ0n) is 8.73. The molecule has 0 N–H and O–H groups in total. The van der Waals surface area contributed by atoms with Crippen LogP contribution in [0.25, 0.3) is 0 Å². The number of rotatable bonds is 1. The molecule has 1 atom stereocenters. The Kier molecular flexibility index (Phi) is 2.18. The van der Waals surface area contributed by atoms with E-state index in [4.69, 9.17) is 14.0 Å². The summed E-state index contributed by atoms with van der Waals surface area (Å²) < 4.78 is 17.1. The molecule has 0 saturated heterocycles. The van der Waals surface area contributed by atoms with Crippen LogP contribution in [0.1, 0.15) is 25.0 Å². The summed E-state index contributed by atoms with van der Waals surface area (Å²) in [5.74, 6) is 0.922. The van der Waals surface area contributed by atoms with Crippen LogP contribution in [0.5, 0.6) is 5.75 Å². The van der Waals surface area contributed by atoms with Crippen LogP contribution in [0.15, 0.2) is 18.2 Å². The fraction of sp³-hybridized carbons (Fsp3) is 0.455. The summed E-state index contributed by atoms with van der Waals surface area (Å²) >= 11 is 0. The van der Waals surface area contributed by atoms with Crippen molar-refractivity contribution in [2.24, 2.45) is 0 Å². The number of hydrogen-bond donors (Lipinski definition) is 0.